The molecule has 4 rings (SSSR count). The summed E-state index contributed by atoms with van der Waals surface area (Å²) in [5.41, 5.74) is 5.14. The number of nitrogens with one attached hydrogen (secondary N) is 1. The number of halogens is 1. The van der Waals surface area contributed by atoms with Gasteiger partial charge in [0, 0.05) is 6.07 Å². The minimum absolute atomic E-state index is 0.155. The number of β-amino-alcohol motifs (C(OH)–C–C–N with tert-alkyl or cyclic N) is 1. The molecule has 0 aliphatic carbocycles. The summed E-state index contributed by atoms with van der Waals surface area (Å²) in [5.74, 6) is -1.71. The molecule has 0 bridgehead atoms. The van der Waals surface area contributed by atoms with Gasteiger partial charge in [-0.3, -0.25) is 9.59 Å². The van der Waals surface area contributed by atoms with Crippen LogP contribution < -0.4 is 5.32 Å². The smallest absolute Gasteiger partial charge is 0.246 e. The predicted molar refractivity (Wildman–Crippen MR) is 152 cm³/mol. The number of hydrogen-bond acceptors (Lipinski definition) is 7. The SMILES string of the molecule is Cc1cc([C@H](C(=O)N2C[C@H](O)[C@H](F)[C@H]2C(=O)N[C@@H](CC(C)(C)C)c2ccc(-c3scnc3C)cc2)C(C)C)on1. The van der Waals surface area contributed by atoms with Gasteiger partial charge in [0.05, 0.1) is 34.4 Å². The Morgan fingerprint density at radius 1 is 1.23 bits per heavy atom. The molecule has 5 atom stereocenters. The molecule has 0 unspecified atom stereocenters. The number of benzene rings is 1. The number of hydrogen-bond donors (Lipinski definition) is 2. The Bertz CT molecular complexity index is 1330. The molecule has 0 saturated carbocycles. The summed E-state index contributed by atoms with van der Waals surface area (Å²) in [4.78, 5) is 34.0. The number of likely N-dealkylation sites (tertiary alicyclic amines) is 1. The van der Waals surface area contributed by atoms with Crippen molar-refractivity contribution in [3.05, 3.63) is 58.6 Å². The number of nitrogens with zero attached hydrogens (tertiary/aromatic N) is 3. The third-order valence-electron chi connectivity index (χ3n) is 7.28. The van der Waals surface area contributed by atoms with Crippen LogP contribution in [0.3, 0.4) is 0 Å². The van der Waals surface area contributed by atoms with Crippen molar-refractivity contribution in [3.63, 3.8) is 0 Å². The highest BCUT2D eigenvalue weighted by Gasteiger charge is 2.50. The van der Waals surface area contributed by atoms with E-state index < -0.39 is 42.1 Å². The van der Waals surface area contributed by atoms with Crippen molar-refractivity contribution in [1.29, 1.82) is 0 Å². The average Bonchev–Trinajstić information content (AvgIpc) is 3.57. The van der Waals surface area contributed by atoms with E-state index in [1.54, 1.807) is 24.3 Å². The van der Waals surface area contributed by atoms with Crippen LogP contribution in [0.25, 0.3) is 10.4 Å². The third-order valence-corrected chi connectivity index (χ3v) is 8.26. The molecule has 216 valence electrons. The van der Waals surface area contributed by atoms with Crippen LogP contribution >= 0.6 is 11.3 Å². The molecule has 1 fully saturated rings. The van der Waals surface area contributed by atoms with Crippen molar-refractivity contribution in [2.45, 2.75) is 85.2 Å². The van der Waals surface area contributed by atoms with Crippen molar-refractivity contribution >= 4 is 23.2 Å². The Kier molecular flexibility index (Phi) is 8.80. The van der Waals surface area contributed by atoms with Crippen LogP contribution in [-0.4, -0.2) is 56.8 Å². The highest BCUT2D eigenvalue weighted by atomic mass is 32.1. The maximum Gasteiger partial charge on any atom is 0.246 e. The predicted octanol–water partition coefficient (Wildman–Crippen LogP) is 5.36. The molecule has 3 heterocycles. The highest BCUT2D eigenvalue weighted by Crippen LogP contribution is 2.35. The second kappa shape index (κ2) is 11.8. The number of aliphatic hydroxyl groups is 1. The van der Waals surface area contributed by atoms with Gasteiger partial charge in [0.1, 0.15) is 23.8 Å². The van der Waals surface area contributed by atoms with E-state index in [2.05, 4.69) is 36.2 Å². The Labute approximate surface area is 239 Å². The van der Waals surface area contributed by atoms with Crippen molar-refractivity contribution in [2.24, 2.45) is 11.3 Å². The fourth-order valence-electron chi connectivity index (χ4n) is 5.32. The second-order valence-corrected chi connectivity index (χ2v) is 13.1. The molecule has 0 radical (unpaired) electrons. The first-order chi connectivity index (χ1) is 18.8. The van der Waals surface area contributed by atoms with E-state index in [0.717, 1.165) is 26.6 Å². The molecule has 1 saturated heterocycles. The topological polar surface area (TPSA) is 109 Å². The minimum Gasteiger partial charge on any atom is -0.388 e. The van der Waals surface area contributed by atoms with Crippen molar-refractivity contribution < 1.29 is 23.6 Å². The summed E-state index contributed by atoms with van der Waals surface area (Å²) in [6.45, 7) is 13.4. The van der Waals surface area contributed by atoms with E-state index >= 15 is 4.39 Å². The fraction of sp³-hybridized carbons (Fsp3) is 0.533. The number of aromatic nitrogens is 2. The largest absolute Gasteiger partial charge is 0.388 e. The number of rotatable bonds is 8. The van der Waals surface area contributed by atoms with Crippen LogP contribution in [-0.2, 0) is 9.59 Å². The lowest BCUT2D eigenvalue weighted by atomic mass is 9.85. The van der Waals surface area contributed by atoms with Crippen molar-refractivity contribution in [1.82, 2.24) is 20.4 Å². The summed E-state index contributed by atoms with van der Waals surface area (Å²) in [7, 11) is 0. The van der Waals surface area contributed by atoms with E-state index in [9.17, 15) is 14.7 Å². The Hall–Kier alpha value is -3.11. The van der Waals surface area contributed by atoms with Gasteiger partial charge in [-0.15, -0.1) is 11.3 Å². The quantitative estimate of drug-likeness (QED) is 0.378. The van der Waals surface area contributed by atoms with E-state index in [-0.39, 0.29) is 17.9 Å². The molecule has 1 aromatic carbocycles. The number of amides is 2. The number of thiazole rings is 1. The molecule has 0 spiro atoms. The van der Waals surface area contributed by atoms with Gasteiger partial charge < -0.3 is 19.8 Å². The molecule has 2 aromatic heterocycles. The van der Waals surface area contributed by atoms with Crippen LogP contribution in [0, 0.1) is 25.2 Å². The molecule has 40 heavy (non-hydrogen) atoms. The van der Waals surface area contributed by atoms with E-state index in [1.165, 1.54) is 0 Å². The average molecular weight is 571 g/mol. The lowest BCUT2D eigenvalue weighted by Gasteiger charge is -2.32. The summed E-state index contributed by atoms with van der Waals surface area (Å²) >= 11 is 1.57. The zero-order valence-corrected chi connectivity index (χ0v) is 25.0. The maximum atomic E-state index is 15.4. The van der Waals surface area contributed by atoms with Crippen LogP contribution in [0.5, 0.6) is 0 Å². The first-order valence-electron chi connectivity index (χ1n) is 13.6. The van der Waals surface area contributed by atoms with Crippen LogP contribution in [0.15, 0.2) is 40.4 Å². The molecule has 3 aromatic rings. The summed E-state index contributed by atoms with van der Waals surface area (Å²) in [6, 6.07) is 7.71. The second-order valence-electron chi connectivity index (χ2n) is 12.3. The zero-order valence-electron chi connectivity index (χ0n) is 24.1. The molecule has 1 aliphatic heterocycles. The van der Waals surface area contributed by atoms with Gasteiger partial charge in [-0.1, -0.05) is 64.0 Å². The molecular weight excluding hydrogens is 531 g/mol. The van der Waals surface area contributed by atoms with E-state index in [1.807, 2.05) is 50.5 Å². The lowest BCUT2D eigenvalue weighted by Crippen LogP contribution is -2.51. The Morgan fingerprint density at radius 3 is 2.42 bits per heavy atom. The monoisotopic (exact) mass is 570 g/mol. The lowest BCUT2D eigenvalue weighted by molar-refractivity contribution is -0.142. The standard InChI is InChI=1S/C30H39FN4O4S/c1-16(2)24(23-12-17(3)34-39-23)29(38)35-14-22(36)25(31)26(35)28(37)33-21(13-30(5,6)7)19-8-10-20(11-9-19)27-18(4)32-15-40-27/h8-12,15-16,21-22,24-26,36H,13-14H2,1-7H3,(H,33,37)/t21-,22-,24+,25-,26-/m0/s1. The summed E-state index contributed by atoms with van der Waals surface area (Å²) in [6.07, 6.45) is -2.80. The van der Waals surface area contributed by atoms with E-state index in [4.69, 9.17) is 4.52 Å². The van der Waals surface area contributed by atoms with Gasteiger partial charge in [0.15, 0.2) is 6.17 Å². The Morgan fingerprint density at radius 2 is 1.90 bits per heavy atom. The number of carbonyl (C=O) groups is 2. The molecule has 2 amide bonds. The molecular formula is C30H39FN4O4S. The van der Waals surface area contributed by atoms with Gasteiger partial charge in [0.25, 0.3) is 0 Å². The number of aliphatic hydroxyl groups excluding tert-OH is 1. The summed E-state index contributed by atoms with van der Waals surface area (Å²) in [5, 5.41) is 17.3. The van der Waals surface area contributed by atoms with Gasteiger partial charge in [-0.05, 0) is 42.7 Å². The van der Waals surface area contributed by atoms with Crippen LogP contribution in [0.2, 0.25) is 0 Å². The van der Waals surface area contributed by atoms with Gasteiger partial charge in [0.2, 0.25) is 11.8 Å². The third kappa shape index (κ3) is 6.44. The number of alkyl halides is 1. The molecule has 2 N–H and O–H groups in total. The fourth-order valence-corrected chi connectivity index (χ4v) is 6.13. The van der Waals surface area contributed by atoms with Crippen LogP contribution in [0.4, 0.5) is 4.39 Å². The van der Waals surface area contributed by atoms with Gasteiger partial charge in [-0.2, -0.15) is 0 Å². The zero-order chi connectivity index (χ0) is 29.4. The van der Waals surface area contributed by atoms with E-state index in [0.29, 0.717) is 17.9 Å². The normalized spacial score (nSPS) is 21.1. The van der Waals surface area contributed by atoms with Gasteiger partial charge in [-0.25, -0.2) is 9.37 Å². The highest BCUT2D eigenvalue weighted by molar-refractivity contribution is 7.13. The van der Waals surface area contributed by atoms with Gasteiger partial charge >= 0.3 is 0 Å². The first kappa shape index (κ1) is 29.9. The van der Waals surface area contributed by atoms with Crippen molar-refractivity contribution in [2.75, 3.05) is 6.54 Å². The number of carbonyl (C=O) groups excluding carboxylic acids is 2. The maximum absolute atomic E-state index is 15.4. The molecule has 8 nitrogen and oxygen atoms in total. The summed E-state index contributed by atoms with van der Waals surface area (Å²) < 4.78 is 20.8. The van der Waals surface area contributed by atoms with Crippen LogP contribution in [0.1, 0.15) is 75.7 Å². The van der Waals surface area contributed by atoms with Crippen molar-refractivity contribution in [3.8, 4) is 10.4 Å². The molecule has 10 heteroatoms. The Balaban J connectivity index is 1.60. The minimum atomic E-state index is -1.92. The first-order valence-corrected chi connectivity index (χ1v) is 14.5. The molecule has 1 aliphatic rings. The number of aryl methyl sites for hydroxylation is 2.